The minimum absolute atomic E-state index is 0.0711. The lowest BCUT2D eigenvalue weighted by Crippen LogP contribution is -2.30. The largest absolute Gasteiger partial charge is 0.472 e. The number of hydrogen-bond acceptors (Lipinski definition) is 15. The van der Waals surface area contributed by atoms with Gasteiger partial charge in [-0.15, -0.1) is 0 Å². The molecule has 0 amide bonds. The molecule has 0 aliphatic rings. The molecule has 5 atom stereocenters. The molecule has 0 aromatic rings. The van der Waals surface area contributed by atoms with Crippen molar-refractivity contribution < 1.29 is 80.2 Å². The van der Waals surface area contributed by atoms with E-state index in [0.29, 0.717) is 25.7 Å². The summed E-state index contributed by atoms with van der Waals surface area (Å²) < 4.78 is 68.5. The van der Waals surface area contributed by atoms with Crippen LogP contribution < -0.4 is 0 Å². The highest BCUT2D eigenvalue weighted by atomic mass is 31.2. The normalized spacial score (nSPS) is 14.5. The van der Waals surface area contributed by atoms with E-state index >= 15 is 0 Å². The van der Waals surface area contributed by atoms with Crippen molar-refractivity contribution in [3.8, 4) is 0 Å². The minimum Gasteiger partial charge on any atom is -0.462 e. The van der Waals surface area contributed by atoms with E-state index in [9.17, 15) is 43.2 Å². The van der Waals surface area contributed by atoms with E-state index < -0.39 is 97.5 Å². The standard InChI is InChI=1S/C83H142O17P2/c1-5-9-13-17-21-25-29-32-35-37-38-40-43-45-49-52-56-60-64-68-80(85)93-73-78(99-82(87)69-65-61-57-53-47-28-24-20-16-12-8-4)75-97-101(89,90)95-71-77(84)72-96-102(91,92)98-76-79(100-83(88)70-66-62-58-54-50-46-41-34-31-27-23-19-15-11-7-3)74-94-81(86)67-63-59-55-51-48-44-42-39-36-33-30-26-22-18-14-10-6-2/h10-11,14-15,20-27,32-36,38,40-41,77-79,84H,5-9,12-13,16-19,28-31,37,39,42-76H2,1-4H3,(H,89,90)(H,91,92)/b14-10-,15-11-,24-20-,25-21-,26-22-,27-23-,35-32-,36-33-,40-38-,41-34-. The molecule has 0 spiro atoms. The van der Waals surface area contributed by atoms with Gasteiger partial charge in [0.25, 0.3) is 0 Å². The summed E-state index contributed by atoms with van der Waals surface area (Å²) >= 11 is 0. The number of carbonyl (C=O) groups excluding carboxylic acids is 4. The summed E-state index contributed by atoms with van der Waals surface area (Å²) in [4.78, 5) is 73.0. The van der Waals surface area contributed by atoms with E-state index in [1.54, 1.807) is 0 Å². The molecule has 17 nitrogen and oxygen atoms in total. The van der Waals surface area contributed by atoms with E-state index in [-0.39, 0.29) is 25.7 Å². The van der Waals surface area contributed by atoms with Gasteiger partial charge < -0.3 is 33.8 Å². The van der Waals surface area contributed by atoms with E-state index in [2.05, 4.69) is 149 Å². The van der Waals surface area contributed by atoms with Gasteiger partial charge in [0.05, 0.1) is 26.4 Å². The molecular formula is C83H142O17P2. The lowest BCUT2D eigenvalue weighted by Gasteiger charge is -2.21. The molecule has 0 saturated heterocycles. The molecule has 3 N–H and O–H groups in total. The number of esters is 4. The maximum atomic E-state index is 13.1. The third-order valence-electron chi connectivity index (χ3n) is 16.4. The lowest BCUT2D eigenvalue weighted by atomic mass is 10.1. The summed E-state index contributed by atoms with van der Waals surface area (Å²) in [6, 6.07) is 0. The number of ether oxygens (including phenoxy) is 4. The Morgan fingerprint density at radius 2 is 0.520 bits per heavy atom. The molecule has 19 heteroatoms. The van der Waals surface area contributed by atoms with Gasteiger partial charge in [0.2, 0.25) is 0 Å². The fraction of sp³-hybridized carbons (Fsp3) is 0.711. The summed E-state index contributed by atoms with van der Waals surface area (Å²) in [5, 5.41) is 10.6. The Morgan fingerprint density at radius 1 is 0.284 bits per heavy atom. The molecule has 0 heterocycles. The van der Waals surface area contributed by atoms with Crippen LogP contribution in [0.2, 0.25) is 0 Å². The van der Waals surface area contributed by atoms with Crippen LogP contribution in [0.15, 0.2) is 122 Å². The second-order valence-electron chi connectivity index (χ2n) is 26.2. The molecule has 0 radical (unpaired) electrons. The van der Waals surface area contributed by atoms with Crippen LogP contribution in [0.3, 0.4) is 0 Å². The van der Waals surface area contributed by atoms with Crippen LogP contribution in [0.4, 0.5) is 0 Å². The van der Waals surface area contributed by atoms with Crippen molar-refractivity contribution in [2.75, 3.05) is 39.6 Å². The first kappa shape index (κ1) is 97.5. The summed E-state index contributed by atoms with van der Waals surface area (Å²) in [6.45, 7) is 4.55. The number of phosphoric ester groups is 2. The van der Waals surface area contributed by atoms with Gasteiger partial charge in [-0.1, -0.05) is 271 Å². The Morgan fingerprint density at radius 3 is 0.824 bits per heavy atom. The molecule has 5 unspecified atom stereocenters. The quantitative estimate of drug-likeness (QED) is 0.0169. The van der Waals surface area contributed by atoms with Gasteiger partial charge >= 0.3 is 39.5 Å². The summed E-state index contributed by atoms with van der Waals surface area (Å²) in [7, 11) is -9.97. The fourth-order valence-corrected chi connectivity index (χ4v) is 11.9. The summed E-state index contributed by atoms with van der Waals surface area (Å²) in [6.07, 6.45) is 81.8. The number of hydrogen-bond donors (Lipinski definition) is 3. The first-order valence-corrected chi connectivity index (χ1v) is 42.8. The Hall–Kier alpha value is -4.54. The first-order chi connectivity index (χ1) is 49.7. The predicted molar refractivity (Wildman–Crippen MR) is 418 cm³/mol. The zero-order chi connectivity index (χ0) is 74.6. The maximum absolute atomic E-state index is 13.1. The number of carbonyl (C=O) groups is 4. The maximum Gasteiger partial charge on any atom is 0.472 e. The van der Waals surface area contributed by atoms with Gasteiger partial charge in [-0.05, 0) is 148 Å². The molecule has 0 saturated carbocycles. The predicted octanol–water partition coefficient (Wildman–Crippen LogP) is 23.1. The highest BCUT2D eigenvalue weighted by Crippen LogP contribution is 2.45. The third-order valence-corrected chi connectivity index (χ3v) is 18.3. The van der Waals surface area contributed by atoms with Crippen LogP contribution in [0.1, 0.15) is 323 Å². The number of rotatable bonds is 74. The van der Waals surface area contributed by atoms with Crippen LogP contribution in [0.25, 0.3) is 0 Å². The highest BCUT2D eigenvalue weighted by Gasteiger charge is 2.30. The zero-order valence-electron chi connectivity index (χ0n) is 64.0. The molecule has 0 bridgehead atoms. The van der Waals surface area contributed by atoms with Crippen molar-refractivity contribution in [1.29, 1.82) is 0 Å². The highest BCUT2D eigenvalue weighted by molar-refractivity contribution is 7.47. The molecule has 0 aliphatic carbocycles. The summed E-state index contributed by atoms with van der Waals surface area (Å²) in [5.41, 5.74) is 0. The van der Waals surface area contributed by atoms with Crippen LogP contribution in [0.5, 0.6) is 0 Å². The average molecular weight is 1470 g/mol. The van der Waals surface area contributed by atoms with Crippen molar-refractivity contribution >= 4 is 39.5 Å². The van der Waals surface area contributed by atoms with Gasteiger partial charge in [0, 0.05) is 25.7 Å². The number of allylic oxidation sites excluding steroid dienone is 20. The molecule has 0 rings (SSSR count). The van der Waals surface area contributed by atoms with Crippen LogP contribution in [-0.2, 0) is 65.4 Å². The number of aliphatic hydroxyl groups is 1. The van der Waals surface area contributed by atoms with Gasteiger partial charge in [0.15, 0.2) is 12.2 Å². The zero-order valence-corrected chi connectivity index (χ0v) is 65.8. The molecule has 586 valence electrons. The molecule has 0 aromatic carbocycles. The van der Waals surface area contributed by atoms with Crippen molar-refractivity contribution in [3.63, 3.8) is 0 Å². The number of unbranched alkanes of at least 4 members (excludes halogenated alkanes) is 28. The smallest absolute Gasteiger partial charge is 0.462 e. The Balaban J connectivity index is 5.34. The van der Waals surface area contributed by atoms with Gasteiger partial charge in [-0.2, -0.15) is 0 Å². The van der Waals surface area contributed by atoms with E-state index in [4.69, 9.17) is 37.0 Å². The van der Waals surface area contributed by atoms with Crippen LogP contribution in [0, 0.1) is 0 Å². The Kier molecular flexibility index (Phi) is 71.4. The Labute approximate surface area is 619 Å². The SMILES string of the molecule is CC/C=C\C/C=C\C/C=C\CCCCCCCCCC(=O)OCC(COP(=O)(O)OCC(O)COP(=O)(O)OCC(COC(=O)CCCCCCCC/C=C\C/C=C\C/C=C\CCCCC)OC(=O)CCCCCCC/C=C\CCCC)OC(=O)CCCCCCC/C=C\C/C=C\C/C=C\CC. The van der Waals surface area contributed by atoms with Crippen molar-refractivity contribution in [2.45, 2.75) is 341 Å². The van der Waals surface area contributed by atoms with E-state index in [0.717, 1.165) is 212 Å². The third kappa shape index (κ3) is 73.8. The van der Waals surface area contributed by atoms with Crippen LogP contribution >= 0.6 is 15.6 Å². The van der Waals surface area contributed by atoms with E-state index in [1.807, 2.05) is 0 Å². The fourth-order valence-electron chi connectivity index (χ4n) is 10.4. The second-order valence-corrected chi connectivity index (χ2v) is 29.1. The molecular weight excluding hydrogens is 1330 g/mol. The van der Waals surface area contributed by atoms with Gasteiger partial charge in [-0.3, -0.25) is 37.3 Å². The lowest BCUT2D eigenvalue weighted by molar-refractivity contribution is -0.161. The molecule has 0 fully saturated rings. The van der Waals surface area contributed by atoms with Crippen molar-refractivity contribution in [1.82, 2.24) is 0 Å². The number of phosphoric acid groups is 2. The van der Waals surface area contributed by atoms with Crippen LogP contribution in [-0.4, -0.2) is 96.7 Å². The van der Waals surface area contributed by atoms with Crippen molar-refractivity contribution in [3.05, 3.63) is 122 Å². The second kappa shape index (κ2) is 74.7. The van der Waals surface area contributed by atoms with Gasteiger partial charge in [0.1, 0.15) is 19.3 Å². The Bertz CT molecular complexity index is 2410. The summed E-state index contributed by atoms with van der Waals surface area (Å²) in [5.74, 6) is -2.22. The van der Waals surface area contributed by atoms with Gasteiger partial charge in [-0.25, -0.2) is 9.13 Å². The molecule has 0 aromatic heterocycles. The topological polar surface area (TPSA) is 237 Å². The monoisotopic (exact) mass is 1470 g/mol. The average Bonchev–Trinajstić information content (AvgIpc) is 0.944. The molecule has 0 aliphatic heterocycles. The van der Waals surface area contributed by atoms with Crippen molar-refractivity contribution in [2.24, 2.45) is 0 Å². The first-order valence-electron chi connectivity index (χ1n) is 39.8. The minimum atomic E-state index is -4.99. The molecule has 102 heavy (non-hydrogen) atoms. The van der Waals surface area contributed by atoms with E-state index in [1.165, 1.54) is 32.1 Å². The number of aliphatic hydroxyl groups excluding tert-OH is 1.